The molecule has 16 heavy (non-hydrogen) atoms. The van der Waals surface area contributed by atoms with Gasteiger partial charge in [0.05, 0.1) is 19.8 Å². The minimum atomic E-state index is -0.428. The van der Waals surface area contributed by atoms with Crippen LogP contribution in [0.3, 0.4) is 0 Å². The molecule has 0 radical (unpaired) electrons. The summed E-state index contributed by atoms with van der Waals surface area (Å²) in [4.78, 5) is 11.5. The van der Waals surface area contributed by atoms with Gasteiger partial charge >= 0.3 is 0 Å². The minimum Gasteiger partial charge on any atom is -0.492 e. The first-order valence-corrected chi connectivity index (χ1v) is 4.87. The fourth-order valence-corrected chi connectivity index (χ4v) is 1.81. The van der Waals surface area contributed by atoms with E-state index in [9.17, 15) is 9.18 Å². The van der Waals surface area contributed by atoms with Gasteiger partial charge < -0.3 is 9.47 Å². The SMILES string of the molecule is COc1c(C)c(F)c(C)c(C(C)=O)c1OC. The van der Waals surface area contributed by atoms with Crippen molar-refractivity contribution in [2.45, 2.75) is 20.8 Å². The van der Waals surface area contributed by atoms with Crippen molar-refractivity contribution in [2.75, 3.05) is 14.2 Å². The molecule has 0 aromatic heterocycles. The van der Waals surface area contributed by atoms with E-state index in [1.165, 1.54) is 21.1 Å². The van der Waals surface area contributed by atoms with E-state index in [2.05, 4.69) is 0 Å². The standard InChI is InChI=1S/C12H15FO3/c1-6-9(8(3)14)12(16-5)11(15-4)7(2)10(6)13/h1-5H3. The highest BCUT2D eigenvalue weighted by molar-refractivity contribution is 5.99. The Kier molecular flexibility index (Phi) is 3.52. The quantitative estimate of drug-likeness (QED) is 0.743. The van der Waals surface area contributed by atoms with Crippen molar-refractivity contribution in [1.29, 1.82) is 0 Å². The van der Waals surface area contributed by atoms with E-state index in [4.69, 9.17) is 9.47 Å². The lowest BCUT2D eigenvalue weighted by atomic mass is 9.99. The van der Waals surface area contributed by atoms with Crippen LogP contribution in [0.2, 0.25) is 0 Å². The maximum Gasteiger partial charge on any atom is 0.172 e. The minimum absolute atomic E-state index is 0.238. The third-order valence-corrected chi connectivity index (χ3v) is 2.57. The Hall–Kier alpha value is -1.58. The summed E-state index contributed by atoms with van der Waals surface area (Å²) < 4.78 is 24.0. The number of hydrogen-bond acceptors (Lipinski definition) is 3. The van der Waals surface area contributed by atoms with Gasteiger partial charge in [-0.3, -0.25) is 4.79 Å². The summed E-state index contributed by atoms with van der Waals surface area (Å²) >= 11 is 0. The van der Waals surface area contributed by atoms with E-state index >= 15 is 0 Å². The van der Waals surface area contributed by atoms with Gasteiger partial charge in [-0.1, -0.05) is 0 Å². The molecule has 0 spiro atoms. The van der Waals surface area contributed by atoms with Gasteiger partial charge in [0.25, 0.3) is 0 Å². The largest absolute Gasteiger partial charge is 0.492 e. The van der Waals surface area contributed by atoms with Gasteiger partial charge in [-0.15, -0.1) is 0 Å². The second-order valence-corrected chi connectivity index (χ2v) is 3.56. The van der Waals surface area contributed by atoms with Crippen molar-refractivity contribution >= 4 is 5.78 Å². The molecule has 0 atom stereocenters. The van der Waals surface area contributed by atoms with Crippen molar-refractivity contribution < 1.29 is 18.7 Å². The normalized spacial score (nSPS) is 10.1. The van der Waals surface area contributed by atoms with Gasteiger partial charge in [-0.25, -0.2) is 4.39 Å². The molecule has 4 heteroatoms. The highest BCUT2D eigenvalue weighted by Gasteiger charge is 2.23. The average molecular weight is 226 g/mol. The number of carbonyl (C=O) groups excluding carboxylic acids is 1. The summed E-state index contributed by atoms with van der Waals surface area (Å²) in [7, 11) is 2.85. The molecule has 0 heterocycles. The van der Waals surface area contributed by atoms with Crippen molar-refractivity contribution in [2.24, 2.45) is 0 Å². The van der Waals surface area contributed by atoms with Crippen LogP contribution in [-0.2, 0) is 0 Å². The predicted octanol–water partition coefficient (Wildman–Crippen LogP) is 2.66. The topological polar surface area (TPSA) is 35.5 Å². The third-order valence-electron chi connectivity index (χ3n) is 2.57. The van der Waals surface area contributed by atoms with Gasteiger partial charge in [0.1, 0.15) is 5.82 Å². The van der Waals surface area contributed by atoms with E-state index in [0.29, 0.717) is 16.9 Å². The molecule has 1 rings (SSSR count). The molecular weight excluding hydrogens is 211 g/mol. The zero-order chi connectivity index (χ0) is 12.5. The highest BCUT2D eigenvalue weighted by atomic mass is 19.1. The van der Waals surface area contributed by atoms with E-state index in [1.807, 2.05) is 0 Å². The number of carbonyl (C=O) groups is 1. The molecule has 1 aromatic rings. The molecule has 0 bridgehead atoms. The Morgan fingerprint density at radius 1 is 1.06 bits per heavy atom. The maximum atomic E-state index is 13.8. The van der Waals surface area contributed by atoms with Crippen LogP contribution >= 0.6 is 0 Å². The molecular formula is C12H15FO3. The molecule has 88 valence electrons. The number of hydrogen-bond donors (Lipinski definition) is 0. The van der Waals surface area contributed by atoms with Gasteiger partial charge in [-0.05, 0) is 26.3 Å². The lowest BCUT2D eigenvalue weighted by Gasteiger charge is -2.17. The first-order chi connectivity index (χ1) is 7.45. The van der Waals surface area contributed by atoms with Crippen LogP contribution < -0.4 is 9.47 Å². The summed E-state index contributed by atoms with van der Waals surface area (Å²) in [6.07, 6.45) is 0. The second kappa shape index (κ2) is 4.51. The van der Waals surface area contributed by atoms with E-state index < -0.39 is 5.82 Å². The summed E-state index contributed by atoms with van der Waals surface area (Å²) in [5.41, 5.74) is 0.881. The van der Waals surface area contributed by atoms with Gasteiger partial charge in [0.2, 0.25) is 0 Å². The van der Waals surface area contributed by atoms with Crippen molar-refractivity contribution in [3.8, 4) is 11.5 Å². The molecule has 0 fully saturated rings. The number of halogens is 1. The van der Waals surface area contributed by atoms with Gasteiger partial charge in [0.15, 0.2) is 17.3 Å². The zero-order valence-electron chi connectivity index (χ0n) is 10.1. The fraction of sp³-hybridized carbons (Fsp3) is 0.417. The lowest BCUT2D eigenvalue weighted by molar-refractivity contribution is 0.101. The Morgan fingerprint density at radius 3 is 1.94 bits per heavy atom. The van der Waals surface area contributed by atoms with Crippen LogP contribution in [0, 0.1) is 19.7 Å². The predicted molar refractivity (Wildman–Crippen MR) is 59.0 cm³/mol. The highest BCUT2D eigenvalue weighted by Crippen LogP contribution is 2.38. The van der Waals surface area contributed by atoms with Crippen LogP contribution in [0.15, 0.2) is 0 Å². The molecule has 0 aliphatic heterocycles. The molecule has 0 aliphatic carbocycles. The molecule has 0 aliphatic rings. The molecule has 0 N–H and O–H groups in total. The number of Topliss-reactive ketones (excluding diaryl/α,β-unsaturated/α-hetero) is 1. The van der Waals surface area contributed by atoms with E-state index in [-0.39, 0.29) is 17.1 Å². The summed E-state index contributed by atoms with van der Waals surface area (Å²) in [5, 5.41) is 0. The number of ether oxygens (including phenoxy) is 2. The molecule has 3 nitrogen and oxygen atoms in total. The molecule has 0 unspecified atom stereocenters. The number of rotatable bonds is 3. The Bertz CT molecular complexity index is 439. The second-order valence-electron chi connectivity index (χ2n) is 3.56. The van der Waals surface area contributed by atoms with E-state index in [1.54, 1.807) is 13.8 Å². The van der Waals surface area contributed by atoms with Crippen LogP contribution in [0.4, 0.5) is 4.39 Å². The summed E-state index contributed by atoms with van der Waals surface area (Å²) in [5.74, 6) is -0.100. The first-order valence-electron chi connectivity index (χ1n) is 4.87. The van der Waals surface area contributed by atoms with Crippen molar-refractivity contribution in [3.05, 3.63) is 22.5 Å². The fourth-order valence-electron chi connectivity index (χ4n) is 1.81. The van der Waals surface area contributed by atoms with Crippen molar-refractivity contribution in [1.82, 2.24) is 0 Å². The molecule has 0 amide bonds. The van der Waals surface area contributed by atoms with Crippen molar-refractivity contribution in [3.63, 3.8) is 0 Å². The molecule has 1 aromatic carbocycles. The zero-order valence-corrected chi connectivity index (χ0v) is 10.1. The number of methoxy groups -OCH3 is 2. The smallest absolute Gasteiger partial charge is 0.172 e. The maximum absolute atomic E-state index is 13.8. The monoisotopic (exact) mass is 226 g/mol. The molecule has 0 saturated heterocycles. The van der Waals surface area contributed by atoms with E-state index in [0.717, 1.165) is 0 Å². The van der Waals surface area contributed by atoms with Crippen LogP contribution in [0.25, 0.3) is 0 Å². The van der Waals surface area contributed by atoms with Crippen LogP contribution in [-0.4, -0.2) is 20.0 Å². The Balaban J connectivity index is 3.72. The third kappa shape index (κ3) is 1.75. The van der Waals surface area contributed by atoms with Crippen LogP contribution in [0.5, 0.6) is 11.5 Å². The lowest BCUT2D eigenvalue weighted by Crippen LogP contribution is -2.07. The Labute approximate surface area is 94.2 Å². The number of benzene rings is 1. The average Bonchev–Trinajstić information content (AvgIpc) is 2.24. The van der Waals surface area contributed by atoms with Gasteiger partial charge in [-0.2, -0.15) is 0 Å². The summed E-state index contributed by atoms with van der Waals surface area (Å²) in [6.45, 7) is 4.52. The summed E-state index contributed by atoms with van der Waals surface area (Å²) in [6, 6.07) is 0. The Morgan fingerprint density at radius 2 is 1.56 bits per heavy atom. The van der Waals surface area contributed by atoms with Gasteiger partial charge in [0, 0.05) is 5.56 Å². The van der Waals surface area contributed by atoms with Crippen LogP contribution in [0.1, 0.15) is 28.4 Å². The molecule has 0 saturated carbocycles. The number of ketones is 1. The first kappa shape index (κ1) is 12.5.